The lowest BCUT2D eigenvalue weighted by molar-refractivity contribution is 0.664. The van der Waals surface area contributed by atoms with E-state index in [0.717, 1.165) is 39.3 Å². The topological polar surface area (TPSA) is 45.4 Å². The molecular formula is C21H20N4O. The summed E-state index contributed by atoms with van der Waals surface area (Å²) in [6, 6.07) is 12.8. The van der Waals surface area contributed by atoms with E-state index in [0.29, 0.717) is 12.7 Å². The highest BCUT2D eigenvalue weighted by molar-refractivity contribution is 6.10. The van der Waals surface area contributed by atoms with Crippen LogP contribution in [0.1, 0.15) is 19.4 Å². The molecule has 0 saturated heterocycles. The molecule has 0 spiro atoms. The van der Waals surface area contributed by atoms with Gasteiger partial charge in [-0.3, -0.25) is 0 Å². The first-order valence-corrected chi connectivity index (χ1v) is 8.91. The molecule has 5 rings (SSSR count). The quantitative estimate of drug-likeness (QED) is 0.511. The molecule has 0 saturated carbocycles. The minimum atomic E-state index is 0.339. The summed E-state index contributed by atoms with van der Waals surface area (Å²) in [5.74, 6) is 1.81. The molecule has 0 amide bonds. The zero-order chi connectivity index (χ0) is 17.8. The van der Waals surface area contributed by atoms with Gasteiger partial charge in [0, 0.05) is 29.2 Å². The molecule has 4 aromatic rings. The normalized spacial score (nSPS) is 14.0. The number of hydrogen-bond donors (Lipinski definition) is 0. The van der Waals surface area contributed by atoms with E-state index in [1.807, 2.05) is 18.2 Å². The van der Waals surface area contributed by atoms with Crippen molar-refractivity contribution in [2.45, 2.75) is 26.8 Å². The first-order valence-electron chi connectivity index (χ1n) is 8.91. The van der Waals surface area contributed by atoms with Crippen LogP contribution in [0.2, 0.25) is 0 Å². The molecule has 0 bridgehead atoms. The zero-order valence-corrected chi connectivity index (χ0v) is 15.1. The molecule has 1 aliphatic rings. The lowest BCUT2D eigenvalue weighted by Crippen LogP contribution is -2.34. The van der Waals surface area contributed by atoms with E-state index < -0.39 is 0 Å². The number of furan rings is 1. The van der Waals surface area contributed by atoms with Crippen LogP contribution in [-0.2, 0) is 0 Å². The summed E-state index contributed by atoms with van der Waals surface area (Å²) in [6.45, 7) is 7.19. The van der Waals surface area contributed by atoms with Crippen molar-refractivity contribution in [1.82, 2.24) is 9.97 Å². The van der Waals surface area contributed by atoms with Gasteiger partial charge in [0.05, 0.1) is 12.4 Å². The van der Waals surface area contributed by atoms with Gasteiger partial charge < -0.3 is 14.2 Å². The predicted octanol–water partition coefficient (Wildman–Crippen LogP) is 5.01. The number of nitrogens with zero attached hydrogens (tertiary/aromatic N) is 4. The number of aryl methyl sites for hydroxylation is 1. The van der Waals surface area contributed by atoms with Crippen molar-refractivity contribution in [1.29, 1.82) is 0 Å². The second-order valence-corrected chi connectivity index (χ2v) is 7.04. The number of hydrogen-bond acceptors (Lipinski definition) is 5. The summed E-state index contributed by atoms with van der Waals surface area (Å²) in [6.07, 6.45) is 3.51. The highest BCUT2D eigenvalue weighted by Gasteiger charge is 2.33. The van der Waals surface area contributed by atoms with Gasteiger partial charge in [0.15, 0.2) is 17.2 Å². The molecular weight excluding hydrogens is 324 g/mol. The number of anilines is 3. The van der Waals surface area contributed by atoms with Gasteiger partial charge in [-0.25, -0.2) is 9.97 Å². The van der Waals surface area contributed by atoms with Crippen molar-refractivity contribution in [2.75, 3.05) is 16.5 Å². The molecule has 26 heavy (non-hydrogen) atoms. The summed E-state index contributed by atoms with van der Waals surface area (Å²) < 4.78 is 6.28. The van der Waals surface area contributed by atoms with Crippen LogP contribution in [-0.4, -0.2) is 22.7 Å². The fraction of sp³-hybridized carbons (Fsp3) is 0.238. The van der Waals surface area contributed by atoms with Crippen molar-refractivity contribution in [3.8, 4) is 0 Å². The van der Waals surface area contributed by atoms with Gasteiger partial charge in [0.2, 0.25) is 0 Å². The van der Waals surface area contributed by atoms with Crippen LogP contribution >= 0.6 is 0 Å². The van der Waals surface area contributed by atoms with Gasteiger partial charge in [-0.15, -0.1) is 0 Å². The number of rotatable bonds is 2. The number of para-hydroxylation sites is 1. The molecule has 2 aromatic heterocycles. The van der Waals surface area contributed by atoms with Crippen LogP contribution in [0.15, 0.2) is 53.2 Å². The standard InChI is InChI=1S/C21H20N4O/c1-13(2)24-12-25(21-20(24)22-10-11-23-21)18-14(3)8-9-16-15-6-4-5-7-17(15)26-19(16)18/h4-11,13H,12H2,1-3H3. The van der Waals surface area contributed by atoms with Gasteiger partial charge in [-0.05, 0) is 32.4 Å². The molecule has 0 atom stereocenters. The van der Waals surface area contributed by atoms with Crippen molar-refractivity contribution in [3.05, 3.63) is 54.4 Å². The zero-order valence-electron chi connectivity index (χ0n) is 15.1. The number of fused-ring (bicyclic) bond motifs is 4. The summed E-state index contributed by atoms with van der Waals surface area (Å²) >= 11 is 0. The highest BCUT2D eigenvalue weighted by atomic mass is 16.3. The third kappa shape index (κ3) is 2.03. The van der Waals surface area contributed by atoms with E-state index >= 15 is 0 Å². The van der Waals surface area contributed by atoms with Crippen molar-refractivity contribution >= 4 is 39.3 Å². The molecule has 5 nitrogen and oxygen atoms in total. The number of benzene rings is 2. The Morgan fingerprint density at radius 3 is 2.54 bits per heavy atom. The summed E-state index contributed by atoms with van der Waals surface area (Å²) in [5.41, 5.74) is 4.06. The maximum atomic E-state index is 6.28. The lowest BCUT2D eigenvalue weighted by atomic mass is 10.1. The molecule has 0 radical (unpaired) electrons. The molecule has 2 aromatic carbocycles. The average Bonchev–Trinajstić information content (AvgIpc) is 3.20. The second kappa shape index (κ2) is 5.46. The Morgan fingerprint density at radius 2 is 1.73 bits per heavy atom. The van der Waals surface area contributed by atoms with Crippen molar-refractivity contribution < 1.29 is 4.42 Å². The van der Waals surface area contributed by atoms with E-state index in [1.165, 1.54) is 5.56 Å². The summed E-state index contributed by atoms with van der Waals surface area (Å²) in [4.78, 5) is 13.7. The Kier molecular flexibility index (Phi) is 3.19. The summed E-state index contributed by atoms with van der Waals surface area (Å²) in [5, 5.41) is 2.28. The average molecular weight is 344 g/mol. The predicted molar refractivity (Wildman–Crippen MR) is 105 cm³/mol. The molecule has 0 fully saturated rings. The highest BCUT2D eigenvalue weighted by Crippen LogP contribution is 2.44. The molecule has 0 N–H and O–H groups in total. The molecule has 3 heterocycles. The van der Waals surface area contributed by atoms with Gasteiger partial charge in [-0.2, -0.15) is 0 Å². The van der Waals surface area contributed by atoms with Crippen LogP contribution < -0.4 is 9.80 Å². The van der Waals surface area contributed by atoms with Crippen LogP contribution in [0, 0.1) is 6.92 Å². The SMILES string of the molecule is Cc1ccc2c(oc3ccccc32)c1N1CN(C(C)C)c2nccnc21. The van der Waals surface area contributed by atoms with Crippen LogP contribution in [0.25, 0.3) is 21.9 Å². The Balaban J connectivity index is 1.78. The van der Waals surface area contributed by atoms with Crippen LogP contribution in [0.5, 0.6) is 0 Å². The lowest BCUT2D eigenvalue weighted by Gasteiger charge is -2.24. The Bertz CT molecular complexity index is 1130. The van der Waals surface area contributed by atoms with Gasteiger partial charge in [0.1, 0.15) is 5.58 Å². The minimum absolute atomic E-state index is 0.339. The first-order chi connectivity index (χ1) is 12.6. The molecule has 0 aliphatic carbocycles. The maximum absolute atomic E-state index is 6.28. The third-order valence-electron chi connectivity index (χ3n) is 5.10. The minimum Gasteiger partial charge on any atom is -0.454 e. The molecule has 130 valence electrons. The van der Waals surface area contributed by atoms with Crippen molar-refractivity contribution in [2.24, 2.45) is 0 Å². The monoisotopic (exact) mass is 344 g/mol. The van der Waals surface area contributed by atoms with E-state index in [4.69, 9.17) is 4.42 Å². The van der Waals surface area contributed by atoms with E-state index in [9.17, 15) is 0 Å². The van der Waals surface area contributed by atoms with E-state index in [-0.39, 0.29) is 0 Å². The Hall–Kier alpha value is -3.08. The van der Waals surface area contributed by atoms with Gasteiger partial charge in [0.25, 0.3) is 0 Å². The first kappa shape index (κ1) is 15.2. The van der Waals surface area contributed by atoms with E-state index in [2.05, 4.69) is 58.7 Å². The number of aromatic nitrogens is 2. The Morgan fingerprint density at radius 1 is 0.962 bits per heavy atom. The second-order valence-electron chi connectivity index (χ2n) is 7.04. The molecule has 5 heteroatoms. The van der Waals surface area contributed by atoms with Crippen molar-refractivity contribution in [3.63, 3.8) is 0 Å². The van der Waals surface area contributed by atoms with Crippen LogP contribution in [0.4, 0.5) is 17.3 Å². The fourth-order valence-corrected chi connectivity index (χ4v) is 3.80. The van der Waals surface area contributed by atoms with E-state index in [1.54, 1.807) is 12.4 Å². The molecule has 0 unspecified atom stereocenters. The smallest absolute Gasteiger partial charge is 0.178 e. The third-order valence-corrected chi connectivity index (χ3v) is 5.10. The van der Waals surface area contributed by atoms with Gasteiger partial charge >= 0.3 is 0 Å². The molecule has 1 aliphatic heterocycles. The fourth-order valence-electron chi connectivity index (χ4n) is 3.80. The maximum Gasteiger partial charge on any atom is 0.178 e. The largest absolute Gasteiger partial charge is 0.454 e. The summed E-state index contributed by atoms with van der Waals surface area (Å²) in [7, 11) is 0. The van der Waals surface area contributed by atoms with Gasteiger partial charge in [-0.1, -0.05) is 30.3 Å². The van der Waals surface area contributed by atoms with Crippen LogP contribution in [0.3, 0.4) is 0 Å². The Labute approximate surface area is 151 Å².